The summed E-state index contributed by atoms with van der Waals surface area (Å²) in [6.45, 7) is 3.78. The Kier molecular flexibility index (Phi) is 6.75. The predicted octanol–water partition coefficient (Wildman–Crippen LogP) is 2.80. The number of nitrogens with one attached hydrogen (secondary N) is 1. The van der Waals surface area contributed by atoms with Crippen molar-refractivity contribution in [2.45, 2.75) is 64.0 Å². The molecular weight excluding hydrogens is 414 g/mol. The molecule has 33 heavy (non-hydrogen) atoms. The molecule has 1 aromatic rings. The lowest BCUT2D eigenvalue weighted by molar-refractivity contribution is -0.140. The molecule has 2 amide bonds. The van der Waals surface area contributed by atoms with Gasteiger partial charge in [0.25, 0.3) is 0 Å². The molecule has 1 unspecified atom stereocenters. The van der Waals surface area contributed by atoms with E-state index in [4.69, 9.17) is 0 Å². The molecule has 0 aromatic heterocycles. The van der Waals surface area contributed by atoms with Gasteiger partial charge in [-0.25, -0.2) is 0 Å². The summed E-state index contributed by atoms with van der Waals surface area (Å²) < 4.78 is 0. The van der Waals surface area contributed by atoms with Crippen LogP contribution in [0.1, 0.15) is 56.9 Å². The van der Waals surface area contributed by atoms with E-state index in [1.165, 1.54) is 44.1 Å². The van der Waals surface area contributed by atoms with Crippen LogP contribution in [0.5, 0.6) is 0 Å². The van der Waals surface area contributed by atoms with Crippen molar-refractivity contribution < 1.29 is 14.7 Å². The fourth-order valence-electron chi connectivity index (χ4n) is 7.67. The summed E-state index contributed by atoms with van der Waals surface area (Å²) in [5.41, 5.74) is 1.45. The molecule has 1 aliphatic heterocycles. The fraction of sp³-hybridized carbons (Fsp3) is 0.704. The summed E-state index contributed by atoms with van der Waals surface area (Å²) in [4.78, 5) is 30.6. The number of rotatable bonds is 8. The Balaban J connectivity index is 1.14. The third-order valence-electron chi connectivity index (χ3n) is 8.68. The van der Waals surface area contributed by atoms with Crippen molar-refractivity contribution in [3.63, 3.8) is 0 Å². The van der Waals surface area contributed by atoms with Gasteiger partial charge in [0.05, 0.1) is 0 Å². The normalized spacial score (nSPS) is 32.0. The average Bonchev–Trinajstić information content (AvgIpc) is 2.78. The molecule has 1 saturated heterocycles. The number of carbonyl (C=O) groups excluding carboxylic acids is 2. The third-order valence-corrected chi connectivity index (χ3v) is 8.68. The van der Waals surface area contributed by atoms with Crippen LogP contribution in [0.4, 0.5) is 0 Å². The number of aliphatic hydroxyl groups excluding tert-OH is 1. The standard InChI is InChI=1S/C27H39N3O3/c31-11-6-24(26(33)30-9-7-29(8-10-30)19-20-4-2-1-3-5-20)28-25(32)18-27-15-21-12-22(16-27)14-23(13-21)17-27/h1-5,21-24,31H,6-19H2,(H,28,32). The Labute approximate surface area is 197 Å². The molecule has 5 fully saturated rings. The van der Waals surface area contributed by atoms with Crippen LogP contribution in [0, 0.1) is 23.2 Å². The Morgan fingerprint density at radius 3 is 2.15 bits per heavy atom. The molecular formula is C27H39N3O3. The highest BCUT2D eigenvalue weighted by atomic mass is 16.3. The van der Waals surface area contributed by atoms with E-state index in [-0.39, 0.29) is 30.3 Å². The van der Waals surface area contributed by atoms with E-state index in [0.29, 0.717) is 19.5 Å². The van der Waals surface area contributed by atoms with Crippen molar-refractivity contribution in [3.8, 4) is 0 Å². The van der Waals surface area contributed by atoms with Crippen molar-refractivity contribution >= 4 is 11.8 Å². The van der Waals surface area contributed by atoms with E-state index >= 15 is 0 Å². The number of carbonyl (C=O) groups is 2. The molecule has 6 rings (SSSR count). The SMILES string of the molecule is O=C(CC12CC3CC(CC(C3)C1)C2)NC(CCO)C(=O)N1CCN(Cc2ccccc2)CC1. The Hall–Kier alpha value is -1.92. The Morgan fingerprint density at radius 1 is 0.970 bits per heavy atom. The van der Waals surface area contributed by atoms with Crippen LogP contribution in [0.25, 0.3) is 0 Å². The quantitative estimate of drug-likeness (QED) is 0.635. The van der Waals surface area contributed by atoms with Crippen LogP contribution < -0.4 is 5.32 Å². The molecule has 2 N–H and O–H groups in total. The summed E-state index contributed by atoms with van der Waals surface area (Å²) >= 11 is 0. The van der Waals surface area contributed by atoms with Gasteiger partial charge in [-0.15, -0.1) is 0 Å². The second-order valence-corrected chi connectivity index (χ2v) is 11.3. The second kappa shape index (κ2) is 9.75. The number of piperazine rings is 1. The van der Waals surface area contributed by atoms with Gasteiger partial charge in [-0.2, -0.15) is 0 Å². The van der Waals surface area contributed by atoms with Gasteiger partial charge in [-0.1, -0.05) is 30.3 Å². The van der Waals surface area contributed by atoms with Gasteiger partial charge in [0.1, 0.15) is 6.04 Å². The molecule has 180 valence electrons. The van der Waals surface area contributed by atoms with Crippen LogP contribution in [-0.2, 0) is 16.1 Å². The van der Waals surface area contributed by atoms with Gasteiger partial charge >= 0.3 is 0 Å². The highest BCUT2D eigenvalue weighted by molar-refractivity contribution is 5.88. The molecule has 4 aliphatic carbocycles. The molecule has 4 bridgehead atoms. The van der Waals surface area contributed by atoms with Crippen molar-refractivity contribution in [3.05, 3.63) is 35.9 Å². The van der Waals surface area contributed by atoms with Gasteiger partial charge in [-0.3, -0.25) is 14.5 Å². The minimum atomic E-state index is -0.614. The van der Waals surface area contributed by atoms with Crippen molar-refractivity contribution in [2.75, 3.05) is 32.8 Å². The molecule has 6 heteroatoms. The van der Waals surface area contributed by atoms with Gasteiger partial charge in [0.2, 0.25) is 11.8 Å². The monoisotopic (exact) mass is 453 g/mol. The average molecular weight is 454 g/mol. The molecule has 0 spiro atoms. The van der Waals surface area contributed by atoms with Crippen LogP contribution >= 0.6 is 0 Å². The number of aliphatic hydroxyl groups is 1. The number of nitrogens with zero attached hydrogens (tertiary/aromatic N) is 2. The molecule has 6 nitrogen and oxygen atoms in total. The summed E-state index contributed by atoms with van der Waals surface area (Å²) in [5, 5.41) is 12.6. The first-order chi connectivity index (χ1) is 16.0. The first-order valence-electron chi connectivity index (χ1n) is 13.0. The topological polar surface area (TPSA) is 72.9 Å². The molecule has 1 heterocycles. The second-order valence-electron chi connectivity index (χ2n) is 11.3. The third kappa shape index (κ3) is 5.27. The zero-order valence-electron chi connectivity index (χ0n) is 19.8. The van der Waals surface area contributed by atoms with Gasteiger partial charge < -0.3 is 15.3 Å². The molecule has 0 radical (unpaired) electrons. The highest BCUT2D eigenvalue weighted by Crippen LogP contribution is 2.61. The minimum absolute atomic E-state index is 0.00598. The zero-order valence-corrected chi connectivity index (χ0v) is 19.8. The fourth-order valence-corrected chi connectivity index (χ4v) is 7.67. The first-order valence-corrected chi connectivity index (χ1v) is 13.0. The maximum Gasteiger partial charge on any atom is 0.245 e. The Bertz CT molecular complexity index is 799. The number of benzene rings is 1. The summed E-state index contributed by atoms with van der Waals surface area (Å²) in [6.07, 6.45) is 8.50. The maximum absolute atomic E-state index is 13.2. The molecule has 5 aliphatic rings. The van der Waals surface area contributed by atoms with Crippen LogP contribution in [0.3, 0.4) is 0 Å². The predicted molar refractivity (Wildman–Crippen MR) is 127 cm³/mol. The van der Waals surface area contributed by atoms with Crippen molar-refractivity contribution in [1.82, 2.24) is 15.1 Å². The molecule has 1 atom stereocenters. The minimum Gasteiger partial charge on any atom is -0.396 e. The zero-order chi connectivity index (χ0) is 22.8. The number of amides is 2. The van der Waals surface area contributed by atoms with E-state index in [1.807, 2.05) is 11.0 Å². The van der Waals surface area contributed by atoms with E-state index < -0.39 is 6.04 Å². The molecule has 4 saturated carbocycles. The van der Waals surface area contributed by atoms with Crippen molar-refractivity contribution in [2.24, 2.45) is 23.2 Å². The number of hydrogen-bond acceptors (Lipinski definition) is 4. The van der Waals surface area contributed by atoms with E-state index in [1.54, 1.807) is 0 Å². The van der Waals surface area contributed by atoms with Crippen LogP contribution in [0.15, 0.2) is 30.3 Å². The van der Waals surface area contributed by atoms with Gasteiger partial charge in [0, 0.05) is 45.8 Å². The summed E-state index contributed by atoms with van der Waals surface area (Å²) in [6, 6.07) is 9.79. The Morgan fingerprint density at radius 2 is 1.58 bits per heavy atom. The lowest BCUT2D eigenvalue weighted by Crippen LogP contribution is -2.55. The first kappa shape index (κ1) is 22.9. The van der Waals surface area contributed by atoms with E-state index in [2.05, 4.69) is 34.5 Å². The van der Waals surface area contributed by atoms with E-state index in [9.17, 15) is 14.7 Å². The summed E-state index contributed by atoms with van der Waals surface area (Å²) in [7, 11) is 0. The van der Waals surface area contributed by atoms with Gasteiger partial charge in [-0.05, 0) is 73.7 Å². The smallest absolute Gasteiger partial charge is 0.245 e. The largest absolute Gasteiger partial charge is 0.396 e. The number of hydrogen-bond donors (Lipinski definition) is 2. The van der Waals surface area contributed by atoms with Crippen molar-refractivity contribution in [1.29, 1.82) is 0 Å². The lowest BCUT2D eigenvalue weighted by Gasteiger charge is -2.56. The lowest BCUT2D eigenvalue weighted by atomic mass is 9.49. The van der Waals surface area contributed by atoms with Crippen LogP contribution in [-0.4, -0.2) is 65.5 Å². The van der Waals surface area contributed by atoms with E-state index in [0.717, 1.165) is 37.4 Å². The molecule has 1 aromatic carbocycles. The van der Waals surface area contributed by atoms with Gasteiger partial charge in [0.15, 0.2) is 0 Å². The maximum atomic E-state index is 13.2. The highest BCUT2D eigenvalue weighted by Gasteiger charge is 2.51. The van der Waals surface area contributed by atoms with Crippen LogP contribution in [0.2, 0.25) is 0 Å². The summed E-state index contributed by atoms with van der Waals surface area (Å²) in [5.74, 6) is 2.40.